The molecule has 0 unspecified atom stereocenters. The molecule has 25 heavy (non-hydrogen) atoms. The van der Waals surface area contributed by atoms with E-state index in [1.54, 1.807) is 17.2 Å². The SMILES string of the molecule is c1cnn(CCN2CCN(c3ccc4nc(C5CC5)cn4c3)CC2)n1. The molecule has 3 aromatic heterocycles. The standard InChI is InChI=1S/C18H23N7/c1-2-15(1)17-14-24-13-16(3-4-18(24)21-17)23-10-7-22(8-11-23)9-12-25-19-5-6-20-25/h3-6,13-15H,1-2,7-12H2. The molecule has 5 rings (SSSR count). The number of rotatable bonds is 5. The molecule has 0 spiro atoms. The van der Waals surface area contributed by atoms with Crippen molar-refractivity contribution in [3.8, 4) is 0 Å². The molecule has 1 aliphatic carbocycles. The Balaban J connectivity index is 1.22. The van der Waals surface area contributed by atoms with Crippen molar-refractivity contribution in [1.82, 2.24) is 29.3 Å². The van der Waals surface area contributed by atoms with Gasteiger partial charge in [0.1, 0.15) is 5.65 Å². The normalized spacial score (nSPS) is 19.0. The fourth-order valence-electron chi connectivity index (χ4n) is 3.58. The van der Waals surface area contributed by atoms with Gasteiger partial charge in [0, 0.05) is 51.0 Å². The summed E-state index contributed by atoms with van der Waals surface area (Å²) in [6, 6.07) is 4.36. The van der Waals surface area contributed by atoms with Gasteiger partial charge in [-0.25, -0.2) is 4.98 Å². The van der Waals surface area contributed by atoms with Crippen LogP contribution in [0.15, 0.2) is 36.9 Å². The van der Waals surface area contributed by atoms with Crippen LogP contribution in [0.2, 0.25) is 0 Å². The van der Waals surface area contributed by atoms with Crippen molar-refractivity contribution in [3.05, 3.63) is 42.6 Å². The molecule has 2 aliphatic rings. The molecular formula is C18H23N7. The summed E-state index contributed by atoms with van der Waals surface area (Å²) in [5.74, 6) is 0.705. The van der Waals surface area contributed by atoms with E-state index in [1.165, 1.54) is 24.2 Å². The summed E-state index contributed by atoms with van der Waals surface area (Å²) in [7, 11) is 0. The van der Waals surface area contributed by atoms with E-state index in [0.717, 1.165) is 44.9 Å². The van der Waals surface area contributed by atoms with Gasteiger partial charge in [0.2, 0.25) is 0 Å². The number of imidazole rings is 1. The lowest BCUT2D eigenvalue weighted by Crippen LogP contribution is -2.47. The third-order valence-corrected chi connectivity index (χ3v) is 5.27. The zero-order chi connectivity index (χ0) is 16.6. The summed E-state index contributed by atoms with van der Waals surface area (Å²) in [5.41, 5.74) is 3.62. The molecule has 4 heterocycles. The lowest BCUT2D eigenvalue weighted by atomic mass is 10.2. The molecule has 2 fully saturated rings. The van der Waals surface area contributed by atoms with Crippen LogP contribution in [0.1, 0.15) is 24.5 Å². The van der Waals surface area contributed by atoms with Gasteiger partial charge < -0.3 is 9.30 Å². The Bertz CT molecular complexity index is 842. The molecule has 0 aromatic carbocycles. The van der Waals surface area contributed by atoms with E-state index in [-0.39, 0.29) is 0 Å². The molecule has 0 N–H and O–H groups in total. The number of fused-ring (bicyclic) bond motifs is 1. The van der Waals surface area contributed by atoms with Gasteiger partial charge >= 0.3 is 0 Å². The summed E-state index contributed by atoms with van der Waals surface area (Å²) >= 11 is 0. The first-order chi connectivity index (χ1) is 12.3. The molecule has 0 atom stereocenters. The minimum atomic E-state index is 0.705. The van der Waals surface area contributed by atoms with Gasteiger partial charge in [0.05, 0.1) is 30.3 Å². The van der Waals surface area contributed by atoms with Gasteiger partial charge in [0.15, 0.2) is 0 Å². The molecule has 3 aromatic rings. The average molecular weight is 337 g/mol. The highest BCUT2D eigenvalue weighted by Gasteiger charge is 2.26. The van der Waals surface area contributed by atoms with Gasteiger partial charge in [0.25, 0.3) is 0 Å². The first-order valence-electron chi connectivity index (χ1n) is 9.15. The van der Waals surface area contributed by atoms with Crippen LogP contribution in [0.3, 0.4) is 0 Å². The summed E-state index contributed by atoms with van der Waals surface area (Å²) in [5, 5.41) is 8.34. The summed E-state index contributed by atoms with van der Waals surface area (Å²) in [6.45, 7) is 6.14. The molecule has 7 heteroatoms. The molecule has 130 valence electrons. The molecule has 1 saturated carbocycles. The first-order valence-corrected chi connectivity index (χ1v) is 9.15. The molecule has 0 bridgehead atoms. The Kier molecular flexibility index (Phi) is 3.66. The largest absolute Gasteiger partial charge is 0.368 e. The minimum Gasteiger partial charge on any atom is -0.368 e. The lowest BCUT2D eigenvalue weighted by molar-refractivity contribution is 0.239. The molecular weight excluding hydrogens is 314 g/mol. The molecule has 7 nitrogen and oxygen atoms in total. The molecule has 0 radical (unpaired) electrons. The second-order valence-electron chi connectivity index (χ2n) is 7.05. The van der Waals surface area contributed by atoms with Gasteiger partial charge in [-0.3, -0.25) is 4.90 Å². The van der Waals surface area contributed by atoms with Crippen LogP contribution in [-0.4, -0.2) is 62.0 Å². The fourth-order valence-corrected chi connectivity index (χ4v) is 3.58. The predicted molar refractivity (Wildman–Crippen MR) is 95.8 cm³/mol. The summed E-state index contributed by atoms with van der Waals surface area (Å²) in [4.78, 5) is 11.5. The highest BCUT2D eigenvalue weighted by molar-refractivity contribution is 5.53. The van der Waals surface area contributed by atoms with E-state index >= 15 is 0 Å². The number of nitrogens with zero attached hydrogens (tertiary/aromatic N) is 7. The predicted octanol–water partition coefficient (Wildman–Crippen LogP) is 1.63. The third kappa shape index (κ3) is 3.11. The Morgan fingerprint density at radius 1 is 0.920 bits per heavy atom. The van der Waals surface area contributed by atoms with Crippen molar-refractivity contribution < 1.29 is 0 Å². The third-order valence-electron chi connectivity index (χ3n) is 5.27. The second-order valence-corrected chi connectivity index (χ2v) is 7.05. The maximum Gasteiger partial charge on any atom is 0.137 e. The monoisotopic (exact) mass is 337 g/mol. The van der Waals surface area contributed by atoms with Gasteiger partial charge in [-0.05, 0) is 25.0 Å². The van der Waals surface area contributed by atoms with Crippen LogP contribution in [0.4, 0.5) is 5.69 Å². The van der Waals surface area contributed by atoms with Crippen LogP contribution in [0, 0.1) is 0 Å². The van der Waals surface area contributed by atoms with Crippen molar-refractivity contribution in [2.24, 2.45) is 0 Å². The van der Waals surface area contributed by atoms with Crippen molar-refractivity contribution in [2.45, 2.75) is 25.3 Å². The van der Waals surface area contributed by atoms with E-state index in [0.29, 0.717) is 5.92 Å². The zero-order valence-corrected chi connectivity index (χ0v) is 14.3. The van der Waals surface area contributed by atoms with Crippen molar-refractivity contribution >= 4 is 11.3 Å². The van der Waals surface area contributed by atoms with E-state index < -0.39 is 0 Å². The average Bonchev–Trinajstić information content (AvgIpc) is 3.20. The van der Waals surface area contributed by atoms with E-state index in [1.807, 2.05) is 0 Å². The maximum atomic E-state index is 4.74. The Hall–Kier alpha value is -2.41. The lowest BCUT2D eigenvalue weighted by Gasteiger charge is -2.35. The van der Waals surface area contributed by atoms with Gasteiger partial charge in [-0.1, -0.05) is 0 Å². The number of hydrogen-bond acceptors (Lipinski definition) is 5. The first kappa shape index (κ1) is 14.9. The van der Waals surface area contributed by atoms with Gasteiger partial charge in [-0.2, -0.15) is 15.0 Å². The number of anilines is 1. The topological polar surface area (TPSA) is 54.5 Å². The van der Waals surface area contributed by atoms with Crippen LogP contribution in [-0.2, 0) is 6.54 Å². The number of hydrogen-bond donors (Lipinski definition) is 0. The van der Waals surface area contributed by atoms with Crippen molar-refractivity contribution in [3.63, 3.8) is 0 Å². The molecule has 1 aliphatic heterocycles. The summed E-state index contributed by atoms with van der Waals surface area (Å²) in [6.07, 6.45) is 10.5. The molecule has 1 saturated heterocycles. The number of piperazine rings is 1. The highest BCUT2D eigenvalue weighted by atomic mass is 15.5. The number of aromatic nitrogens is 5. The van der Waals surface area contributed by atoms with Crippen molar-refractivity contribution in [1.29, 1.82) is 0 Å². The van der Waals surface area contributed by atoms with Crippen LogP contribution in [0.5, 0.6) is 0 Å². The Morgan fingerprint density at radius 2 is 1.72 bits per heavy atom. The molecule has 0 amide bonds. The van der Waals surface area contributed by atoms with E-state index in [2.05, 4.69) is 48.9 Å². The van der Waals surface area contributed by atoms with E-state index in [9.17, 15) is 0 Å². The Labute approximate surface area is 146 Å². The second kappa shape index (κ2) is 6.15. The van der Waals surface area contributed by atoms with Gasteiger partial charge in [-0.15, -0.1) is 0 Å². The number of pyridine rings is 1. The van der Waals surface area contributed by atoms with E-state index in [4.69, 9.17) is 4.98 Å². The van der Waals surface area contributed by atoms with Crippen LogP contribution < -0.4 is 4.90 Å². The maximum absolute atomic E-state index is 4.74. The quantitative estimate of drug-likeness (QED) is 0.708. The van der Waals surface area contributed by atoms with Crippen LogP contribution in [0.25, 0.3) is 5.65 Å². The minimum absolute atomic E-state index is 0.705. The fraction of sp³-hybridized carbons (Fsp3) is 0.500. The zero-order valence-electron chi connectivity index (χ0n) is 14.3. The highest BCUT2D eigenvalue weighted by Crippen LogP contribution is 2.39. The smallest absolute Gasteiger partial charge is 0.137 e. The Morgan fingerprint density at radius 3 is 2.48 bits per heavy atom. The van der Waals surface area contributed by atoms with Crippen molar-refractivity contribution in [2.75, 3.05) is 37.6 Å². The van der Waals surface area contributed by atoms with Crippen LogP contribution >= 0.6 is 0 Å². The summed E-state index contributed by atoms with van der Waals surface area (Å²) < 4.78 is 2.19.